The number of hydrogen-bond acceptors (Lipinski definition) is 4. The van der Waals surface area contributed by atoms with Crippen molar-refractivity contribution >= 4 is 5.95 Å². The molecule has 0 saturated heterocycles. The first-order chi connectivity index (χ1) is 7.67. The highest BCUT2D eigenvalue weighted by Gasteiger charge is 2.15. The van der Waals surface area contributed by atoms with Crippen LogP contribution >= 0.6 is 0 Å². The molecule has 16 heavy (non-hydrogen) atoms. The summed E-state index contributed by atoms with van der Waals surface area (Å²) < 4.78 is 3.73. The van der Waals surface area contributed by atoms with Gasteiger partial charge in [0.05, 0.1) is 11.3 Å². The largest absolute Gasteiger partial charge is 0.357 e. The van der Waals surface area contributed by atoms with E-state index in [9.17, 15) is 0 Å². The molecule has 86 valence electrons. The number of nitrogens with zero attached hydrogens (tertiary/aromatic N) is 5. The fraction of sp³-hybridized carbons (Fsp3) is 0.500. The first-order valence-electron chi connectivity index (χ1n) is 5.27. The van der Waals surface area contributed by atoms with Gasteiger partial charge in [-0.1, -0.05) is 6.92 Å². The van der Waals surface area contributed by atoms with Crippen molar-refractivity contribution in [1.82, 2.24) is 24.5 Å². The maximum atomic E-state index is 4.40. The fourth-order valence-corrected chi connectivity index (χ4v) is 1.76. The minimum atomic E-state index is 0.751. The van der Waals surface area contributed by atoms with Gasteiger partial charge in [-0.2, -0.15) is 5.10 Å². The van der Waals surface area contributed by atoms with Gasteiger partial charge in [-0.15, -0.1) is 10.2 Å². The number of aromatic nitrogens is 5. The van der Waals surface area contributed by atoms with E-state index < -0.39 is 0 Å². The summed E-state index contributed by atoms with van der Waals surface area (Å²) >= 11 is 0. The van der Waals surface area contributed by atoms with Crippen molar-refractivity contribution in [3.63, 3.8) is 0 Å². The second-order valence-corrected chi connectivity index (χ2v) is 3.67. The van der Waals surface area contributed by atoms with Gasteiger partial charge in [-0.3, -0.25) is 9.25 Å². The van der Waals surface area contributed by atoms with E-state index in [1.807, 2.05) is 36.6 Å². The molecule has 2 heterocycles. The van der Waals surface area contributed by atoms with Gasteiger partial charge in [0.2, 0.25) is 5.95 Å². The molecular weight excluding hydrogens is 204 g/mol. The van der Waals surface area contributed by atoms with Gasteiger partial charge in [0.1, 0.15) is 0 Å². The molecule has 6 heteroatoms. The molecule has 0 amide bonds. The Balaban J connectivity index is 2.53. The summed E-state index contributed by atoms with van der Waals surface area (Å²) in [5, 5.41) is 15.6. The smallest absolute Gasteiger partial charge is 0.224 e. The van der Waals surface area contributed by atoms with E-state index in [2.05, 4.69) is 27.5 Å². The average Bonchev–Trinajstić information content (AvgIpc) is 2.81. The highest BCUT2D eigenvalue weighted by atomic mass is 15.3. The van der Waals surface area contributed by atoms with Crippen molar-refractivity contribution in [2.24, 2.45) is 14.1 Å². The standard InChI is InChI=1S/C10H16N6/c1-5-8-7(6-15(3)14-8)9-12-13-10(11-2)16(9)4/h6H,5H2,1-4H3,(H,11,13). The lowest BCUT2D eigenvalue weighted by atomic mass is 10.2. The minimum Gasteiger partial charge on any atom is -0.357 e. The molecule has 0 unspecified atom stereocenters. The SMILES string of the molecule is CCc1nn(C)cc1-c1nnc(NC)n1C. The van der Waals surface area contributed by atoms with Crippen LogP contribution in [0.5, 0.6) is 0 Å². The van der Waals surface area contributed by atoms with Gasteiger partial charge in [-0.25, -0.2) is 0 Å². The van der Waals surface area contributed by atoms with E-state index in [0.717, 1.165) is 29.5 Å². The third kappa shape index (κ3) is 1.56. The second kappa shape index (κ2) is 3.96. The minimum absolute atomic E-state index is 0.751. The quantitative estimate of drug-likeness (QED) is 0.832. The Morgan fingerprint density at radius 3 is 2.62 bits per heavy atom. The zero-order valence-electron chi connectivity index (χ0n) is 10.0. The van der Waals surface area contributed by atoms with Crippen LogP contribution in [0.15, 0.2) is 6.20 Å². The summed E-state index contributed by atoms with van der Waals surface area (Å²) in [6, 6.07) is 0. The molecule has 0 radical (unpaired) electrons. The monoisotopic (exact) mass is 220 g/mol. The van der Waals surface area contributed by atoms with Crippen LogP contribution in [0.1, 0.15) is 12.6 Å². The average molecular weight is 220 g/mol. The summed E-state index contributed by atoms with van der Waals surface area (Å²) in [7, 11) is 5.68. The number of anilines is 1. The van der Waals surface area contributed by atoms with Gasteiger partial charge in [0.15, 0.2) is 5.82 Å². The molecule has 0 spiro atoms. The third-order valence-corrected chi connectivity index (χ3v) is 2.58. The zero-order chi connectivity index (χ0) is 11.7. The number of nitrogens with one attached hydrogen (secondary N) is 1. The van der Waals surface area contributed by atoms with Gasteiger partial charge < -0.3 is 5.32 Å². The number of rotatable bonds is 3. The predicted octanol–water partition coefficient (Wildman–Crippen LogP) is 0.820. The molecule has 0 aliphatic heterocycles. The van der Waals surface area contributed by atoms with E-state index in [4.69, 9.17) is 0 Å². The molecule has 1 N–H and O–H groups in total. The van der Waals surface area contributed by atoms with E-state index in [-0.39, 0.29) is 0 Å². The van der Waals surface area contributed by atoms with Crippen LogP contribution in [-0.4, -0.2) is 31.6 Å². The van der Waals surface area contributed by atoms with Crippen molar-refractivity contribution in [2.75, 3.05) is 12.4 Å². The molecule has 0 saturated carbocycles. The van der Waals surface area contributed by atoms with E-state index in [1.165, 1.54) is 0 Å². The van der Waals surface area contributed by atoms with Gasteiger partial charge in [0, 0.05) is 27.3 Å². The van der Waals surface area contributed by atoms with E-state index >= 15 is 0 Å². The lowest BCUT2D eigenvalue weighted by Crippen LogP contribution is -2.00. The lowest BCUT2D eigenvalue weighted by molar-refractivity contribution is 0.746. The molecule has 0 aliphatic carbocycles. The Morgan fingerprint density at radius 2 is 2.06 bits per heavy atom. The highest BCUT2D eigenvalue weighted by molar-refractivity contribution is 5.59. The Kier molecular flexibility index (Phi) is 2.64. The lowest BCUT2D eigenvalue weighted by Gasteiger charge is -2.01. The van der Waals surface area contributed by atoms with Crippen LogP contribution < -0.4 is 5.32 Å². The van der Waals surface area contributed by atoms with Gasteiger partial charge in [-0.05, 0) is 6.42 Å². The molecule has 0 aromatic carbocycles. The normalized spacial score (nSPS) is 10.8. The molecule has 2 aromatic rings. The highest BCUT2D eigenvalue weighted by Crippen LogP contribution is 2.22. The van der Waals surface area contributed by atoms with Crippen molar-refractivity contribution < 1.29 is 0 Å². The van der Waals surface area contributed by atoms with Crippen LogP contribution in [0.25, 0.3) is 11.4 Å². The topological polar surface area (TPSA) is 60.6 Å². The Bertz CT molecular complexity index is 495. The molecular formula is C10H16N6. The first-order valence-corrected chi connectivity index (χ1v) is 5.27. The van der Waals surface area contributed by atoms with Crippen molar-refractivity contribution in [2.45, 2.75) is 13.3 Å². The second-order valence-electron chi connectivity index (χ2n) is 3.67. The Morgan fingerprint density at radius 1 is 1.31 bits per heavy atom. The third-order valence-electron chi connectivity index (χ3n) is 2.58. The van der Waals surface area contributed by atoms with Crippen molar-refractivity contribution in [3.8, 4) is 11.4 Å². The summed E-state index contributed by atoms with van der Waals surface area (Å²) in [6.45, 7) is 2.08. The number of hydrogen-bond donors (Lipinski definition) is 1. The van der Waals surface area contributed by atoms with E-state index in [0.29, 0.717) is 0 Å². The molecule has 0 bridgehead atoms. The van der Waals surface area contributed by atoms with Crippen LogP contribution in [-0.2, 0) is 20.5 Å². The first kappa shape index (κ1) is 10.7. The number of aryl methyl sites for hydroxylation is 2. The molecule has 6 nitrogen and oxygen atoms in total. The van der Waals surface area contributed by atoms with Crippen LogP contribution in [0, 0.1) is 0 Å². The van der Waals surface area contributed by atoms with Crippen LogP contribution in [0.2, 0.25) is 0 Å². The van der Waals surface area contributed by atoms with Crippen LogP contribution in [0.3, 0.4) is 0 Å². The van der Waals surface area contributed by atoms with Crippen molar-refractivity contribution in [1.29, 1.82) is 0 Å². The molecule has 2 rings (SSSR count). The maximum Gasteiger partial charge on any atom is 0.224 e. The van der Waals surface area contributed by atoms with Crippen molar-refractivity contribution in [3.05, 3.63) is 11.9 Å². The summed E-state index contributed by atoms with van der Waals surface area (Å²) in [6.07, 6.45) is 2.86. The summed E-state index contributed by atoms with van der Waals surface area (Å²) in [5.41, 5.74) is 2.09. The molecule has 0 atom stereocenters. The summed E-state index contributed by atoms with van der Waals surface area (Å²) in [4.78, 5) is 0. The molecule has 0 fully saturated rings. The molecule has 0 aliphatic rings. The molecule has 2 aromatic heterocycles. The van der Waals surface area contributed by atoms with Crippen LogP contribution in [0.4, 0.5) is 5.95 Å². The predicted molar refractivity (Wildman–Crippen MR) is 62.1 cm³/mol. The van der Waals surface area contributed by atoms with Gasteiger partial charge >= 0.3 is 0 Å². The Hall–Kier alpha value is -1.85. The van der Waals surface area contributed by atoms with E-state index in [1.54, 1.807) is 0 Å². The zero-order valence-corrected chi connectivity index (χ0v) is 10.0. The fourth-order valence-electron chi connectivity index (χ4n) is 1.76. The Labute approximate surface area is 94.3 Å². The van der Waals surface area contributed by atoms with Gasteiger partial charge in [0.25, 0.3) is 0 Å². The maximum absolute atomic E-state index is 4.40. The summed E-state index contributed by atoms with van der Waals surface area (Å²) in [5.74, 6) is 1.59.